The molecular formula is C15H21N3OS. The van der Waals surface area contributed by atoms with Crippen LogP contribution in [0.25, 0.3) is 11.0 Å². The second-order valence-corrected chi connectivity index (χ2v) is 7.41. The highest BCUT2D eigenvalue weighted by Gasteiger charge is 2.25. The molecule has 3 rings (SSSR count). The average Bonchev–Trinajstić information content (AvgIpc) is 2.88. The van der Waals surface area contributed by atoms with Gasteiger partial charge in [0.05, 0.1) is 11.0 Å². The highest BCUT2D eigenvalue weighted by molar-refractivity contribution is 7.85. The maximum Gasteiger partial charge on any atom is 0.201 e. The molecule has 0 bridgehead atoms. The molecule has 1 heterocycles. The highest BCUT2D eigenvalue weighted by Crippen LogP contribution is 2.25. The fourth-order valence-corrected chi connectivity index (χ4v) is 4.31. The summed E-state index contributed by atoms with van der Waals surface area (Å²) in [6, 6.07) is 8.42. The summed E-state index contributed by atoms with van der Waals surface area (Å²) in [6.07, 6.45) is 4.36. The molecule has 1 aromatic heterocycles. The summed E-state index contributed by atoms with van der Waals surface area (Å²) in [5.41, 5.74) is 2.04. The van der Waals surface area contributed by atoms with Crippen molar-refractivity contribution in [3.05, 3.63) is 24.3 Å². The SMILES string of the molecule is CCS(=O)C1CCCC(Nc2nc3ccccc3[nH]2)C1. The van der Waals surface area contributed by atoms with Gasteiger partial charge in [-0.1, -0.05) is 25.5 Å². The van der Waals surface area contributed by atoms with Crippen LogP contribution in [0.5, 0.6) is 0 Å². The van der Waals surface area contributed by atoms with Gasteiger partial charge in [-0.2, -0.15) is 0 Å². The van der Waals surface area contributed by atoms with E-state index >= 15 is 0 Å². The first-order valence-corrected chi connectivity index (χ1v) is 8.73. The molecule has 108 valence electrons. The van der Waals surface area contributed by atoms with E-state index in [4.69, 9.17) is 0 Å². The van der Waals surface area contributed by atoms with Crippen LogP contribution in [0.15, 0.2) is 24.3 Å². The van der Waals surface area contributed by atoms with Crippen LogP contribution in [-0.4, -0.2) is 31.2 Å². The van der Waals surface area contributed by atoms with E-state index in [1.54, 1.807) is 0 Å². The monoisotopic (exact) mass is 291 g/mol. The maximum absolute atomic E-state index is 12.0. The number of hydrogen-bond donors (Lipinski definition) is 2. The molecule has 1 aromatic carbocycles. The zero-order valence-corrected chi connectivity index (χ0v) is 12.6. The minimum atomic E-state index is -0.677. The van der Waals surface area contributed by atoms with Gasteiger partial charge in [-0.3, -0.25) is 4.21 Å². The lowest BCUT2D eigenvalue weighted by atomic mass is 9.95. The Bertz CT molecular complexity index is 577. The number of hydrogen-bond acceptors (Lipinski definition) is 3. The minimum Gasteiger partial charge on any atom is -0.353 e. The van der Waals surface area contributed by atoms with Gasteiger partial charge < -0.3 is 10.3 Å². The Morgan fingerprint density at radius 1 is 1.40 bits per heavy atom. The van der Waals surface area contributed by atoms with E-state index in [0.29, 0.717) is 11.3 Å². The minimum absolute atomic E-state index is 0.343. The number of rotatable bonds is 4. The third-order valence-electron chi connectivity index (χ3n) is 4.01. The van der Waals surface area contributed by atoms with E-state index in [1.807, 2.05) is 31.2 Å². The van der Waals surface area contributed by atoms with Crippen LogP contribution in [0.2, 0.25) is 0 Å². The van der Waals surface area contributed by atoms with Crippen molar-refractivity contribution in [1.82, 2.24) is 9.97 Å². The summed E-state index contributed by atoms with van der Waals surface area (Å²) in [7, 11) is -0.677. The van der Waals surface area contributed by atoms with Crippen LogP contribution in [-0.2, 0) is 10.8 Å². The van der Waals surface area contributed by atoms with Crippen molar-refractivity contribution < 1.29 is 4.21 Å². The molecule has 4 nitrogen and oxygen atoms in total. The van der Waals surface area contributed by atoms with Crippen LogP contribution in [0, 0.1) is 0 Å². The molecule has 1 fully saturated rings. The van der Waals surface area contributed by atoms with Crippen molar-refractivity contribution in [1.29, 1.82) is 0 Å². The molecule has 3 unspecified atom stereocenters. The fourth-order valence-electron chi connectivity index (χ4n) is 2.97. The maximum atomic E-state index is 12.0. The molecule has 2 N–H and O–H groups in total. The third kappa shape index (κ3) is 2.87. The topological polar surface area (TPSA) is 57.8 Å². The van der Waals surface area contributed by atoms with E-state index in [-0.39, 0.29) is 0 Å². The lowest BCUT2D eigenvalue weighted by molar-refractivity contribution is 0.464. The van der Waals surface area contributed by atoms with Crippen molar-refractivity contribution in [3.8, 4) is 0 Å². The van der Waals surface area contributed by atoms with Gasteiger partial charge in [0, 0.05) is 27.8 Å². The molecule has 0 radical (unpaired) electrons. The van der Waals surface area contributed by atoms with Gasteiger partial charge in [0.1, 0.15) is 0 Å². The lowest BCUT2D eigenvalue weighted by Gasteiger charge is -2.28. The number of nitrogens with one attached hydrogen (secondary N) is 2. The van der Waals surface area contributed by atoms with Crippen LogP contribution in [0.1, 0.15) is 32.6 Å². The second-order valence-electron chi connectivity index (χ2n) is 5.40. The number of imidazole rings is 1. The fraction of sp³-hybridized carbons (Fsp3) is 0.533. The number of nitrogens with zero attached hydrogens (tertiary/aromatic N) is 1. The van der Waals surface area contributed by atoms with Gasteiger partial charge in [0.25, 0.3) is 0 Å². The number of anilines is 1. The molecule has 1 aliphatic carbocycles. The van der Waals surface area contributed by atoms with Gasteiger partial charge in [-0.15, -0.1) is 0 Å². The second kappa shape index (κ2) is 5.95. The van der Waals surface area contributed by atoms with E-state index in [9.17, 15) is 4.21 Å². The molecule has 1 saturated carbocycles. The molecule has 1 aliphatic rings. The number of benzene rings is 1. The Labute approximate surface area is 121 Å². The molecule has 0 spiro atoms. The Hall–Kier alpha value is -1.36. The Morgan fingerprint density at radius 2 is 2.25 bits per heavy atom. The number of aromatic nitrogens is 2. The number of fused-ring (bicyclic) bond motifs is 1. The van der Waals surface area contributed by atoms with E-state index in [1.165, 1.54) is 0 Å². The van der Waals surface area contributed by atoms with Crippen LogP contribution < -0.4 is 5.32 Å². The third-order valence-corrected chi connectivity index (χ3v) is 5.75. The van der Waals surface area contributed by atoms with Gasteiger partial charge in [-0.05, 0) is 31.4 Å². The van der Waals surface area contributed by atoms with Crippen molar-refractivity contribution in [3.63, 3.8) is 0 Å². The zero-order valence-electron chi connectivity index (χ0n) is 11.8. The molecule has 0 saturated heterocycles. The summed E-state index contributed by atoms with van der Waals surface area (Å²) in [5.74, 6) is 1.60. The molecule has 20 heavy (non-hydrogen) atoms. The Kier molecular flexibility index (Phi) is 4.05. The summed E-state index contributed by atoms with van der Waals surface area (Å²) < 4.78 is 12.0. The smallest absolute Gasteiger partial charge is 0.201 e. The first kappa shape index (κ1) is 13.6. The summed E-state index contributed by atoms with van der Waals surface area (Å²) in [6.45, 7) is 2.01. The molecule has 3 atom stereocenters. The largest absolute Gasteiger partial charge is 0.353 e. The summed E-state index contributed by atoms with van der Waals surface area (Å²) >= 11 is 0. The first-order chi connectivity index (χ1) is 9.76. The summed E-state index contributed by atoms with van der Waals surface area (Å²) in [5, 5.41) is 3.82. The van der Waals surface area contributed by atoms with Crippen molar-refractivity contribution >= 4 is 27.8 Å². The van der Waals surface area contributed by atoms with Crippen LogP contribution in [0.3, 0.4) is 0 Å². The predicted octanol–water partition coefficient (Wildman–Crippen LogP) is 3.05. The van der Waals surface area contributed by atoms with E-state index in [0.717, 1.165) is 48.4 Å². The van der Waals surface area contributed by atoms with Crippen molar-refractivity contribution in [2.45, 2.75) is 43.9 Å². The molecule has 0 amide bonds. The predicted molar refractivity (Wildman–Crippen MR) is 84.4 cm³/mol. The normalized spacial score (nSPS) is 24.6. The van der Waals surface area contributed by atoms with E-state index in [2.05, 4.69) is 15.3 Å². The van der Waals surface area contributed by atoms with Gasteiger partial charge >= 0.3 is 0 Å². The molecule has 0 aliphatic heterocycles. The number of H-pyrrole nitrogens is 1. The summed E-state index contributed by atoms with van der Waals surface area (Å²) in [4.78, 5) is 7.86. The van der Waals surface area contributed by atoms with Gasteiger partial charge in [0.2, 0.25) is 5.95 Å². The van der Waals surface area contributed by atoms with Gasteiger partial charge in [-0.25, -0.2) is 4.98 Å². The quantitative estimate of drug-likeness (QED) is 0.910. The number of aromatic amines is 1. The van der Waals surface area contributed by atoms with Gasteiger partial charge in [0.15, 0.2) is 0 Å². The zero-order chi connectivity index (χ0) is 13.9. The van der Waals surface area contributed by atoms with Crippen molar-refractivity contribution in [2.24, 2.45) is 0 Å². The average molecular weight is 291 g/mol. The first-order valence-electron chi connectivity index (χ1n) is 7.34. The van der Waals surface area contributed by atoms with Crippen LogP contribution in [0.4, 0.5) is 5.95 Å². The van der Waals surface area contributed by atoms with E-state index < -0.39 is 10.8 Å². The molecular weight excluding hydrogens is 270 g/mol. The standard InChI is InChI=1S/C15H21N3OS/c1-2-20(19)12-7-5-6-11(10-12)16-15-17-13-8-3-4-9-14(13)18-15/h3-4,8-9,11-12H,2,5-7,10H2,1H3,(H2,16,17,18). The number of para-hydroxylation sites is 2. The highest BCUT2D eigenvalue weighted by atomic mass is 32.2. The molecule has 5 heteroatoms. The lowest BCUT2D eigenvalue weighted by Crippen LogP contribution is -2.33. The Balaban J connectivity index is 1.69. The molecule has 2 aromatic rings. The van der Waals surface area contributed by atoms with Crippen LogP contribution >= 0.6 is 0 Å². The Morgan fingerprint density at radius 3 is 3.05 bits per heavy atom. The van der Waals surface area contributed by atoms with Crippen molar-refractivity contribution in [2.75, 3.05) is 11.1 Å².